The van der Waals surface area contributed by atoms with Gasteiger partial charge in [0.1, 0.15) is 0 Å². The first-order chi connectivity index (χ1) is 7.26. The molecule has 0 radical (unpaired) electrons. The lowest BCUT2D eigenvalue weighted by atomic mass is 10.3. The van der Waals surface area contributed by atoms with Crippen LogP contribution in [0.2, 0.25) is 0 Å². The van der Waals surface area contributed by atoms with Gasteiger partial charge in [-0.25, -0.2) is 8.42 Å². The molecule has 0 fully saturated rings. The highest BCUT2D eigenvalue weighted by molar-refractivity contribution is 7.99. The van der Waals surface area contributed by atoms with Crippen LogP contribution in [-0.2, 0) is 9.84 Å². The summed E-state index contributed by atoms with van der Waals surface area (Å²) in [5, 5.41) is 8.66. The van der Waals surface area contributed by atoms with E-state index in [1.54, 1.807) is 5.87 Å². The zero-order valence-corrected chi connectivity index (χ0v) is 8.51. The van der Waals surface area contributed by atoms with E-state index in [9.17, 15) is 21.6 Å². The van der Waals surface area contributed by atoms with Crippen LogP contribution in [0, 0.1) is 0 Å². The van der Waals surface area contributed by atoms with Gasteiger partial charge in [-0.05, 0) is 22.6 Å². The smallest absolute Gasteiger partial charge is 0.501 e. The van der Waals surface area contributed by atoms with E-state index in [0.29, 0.717) is 0 Å². The van der Waals surface area contributed by atoms with Crippen LogP contribution in [0.5, 0.6) is 0 Å². The van der Waals surface area contributed by atoms with Gasteiger partial charge in [0, 0.05) is 5.41 Å². The van der Waals surface area contributed by atoms with Gasteiger partial charge in [-0.2, -0.15) is 13.2 Å². The summed E-state index contributed by atoms with van der Waals surface area (Å²) in [6.07, 6.45) is 0. The summed E-state index contributed by atoms with van der Waals surface area (Å²) >= 11 is 0. The molecule has 1 aromatic rings. The maximum absolute atomic E-state index is 12.0. The van der Waals surface area contributed by atoms with E-state index >= 15 is 0 Å². The molecule has 0 saturated carbocycles. The lowest BCUT2D eigenvalue weighted by molar-refractivity contribution is -0.0418. The molecule has 7 heteroatoms. The van der Waals surface area contributed by atoms with Crippen molar-refractivity contribution in [2.45, 2.75) is 5.51 Å². The van der Waals surface area contributed by atoms with Crippen molar-refractivity contribution in [2.75, 3.05) is 0 Å². The van der Waals surface area contributed by atoms with E-state index in [2.05, 4.69) is 0 Å². The van der Waals surface area contributed by atoms with Gasteiger partial charge in [0.15, 0.2) is 0 Å². The second-order valence-corrected chi connectivity index (χ2v) is 4.63. The Hall–Kier alpha value is -1.59. The molecule has 1 rings (SSSR count). The van der Waals surface area contributed by atoms with Gasteiger partial charge in [0.25, 0.3) is 9.84 Å². The molecule has 0 aliphatic rings. The van der Waals surface area contributed by atoms with Crippen molar-refractivity contribution in [1.29, 1.82) is 0 Å². The van der Waals surface area contributed by atoms with Crippen molar-refractivity contribution in [2.24, 2.45) is 0 Å². The lowest BCUT2D eigenvalue weighted by Gasteiger charge is -2.02. The van der Waals surface area contributed by atoms with Crippen LogP contribution in [0.3, 0.4) is 0 Å². The Morgan fingerprint density at radius 3 is 2.06 bits per heavy atom. The second-order valence-electron chi connectivity index (χ2n) is 2.84. The van der Waals surface area contributed by atoms with E-state index in [0.717, 1.165) is 12.1 Å². The quantitative estimate of drug-likeness (QED) is 0.670. The molecule has 0 N–H and O–H groups in total. The predicted octanol–water partition coefficient (Wildman–Crippen LogP) is 0.270. The van der Waals surface area contributed by atoms with Crippen molar-refractivity contribution in [3.63, 3.8) is 0 Å². The Kier molecular flexibility index (Phi) is 3.21. The topological polar surface area (TPSA) is 56.4 Å². The Balaban J connectivity index is 3.35. The number of halogens is 3. The number of benzene rings is 1. The molecule has 0 heterocycles. The molecule has 0 spiro atoms. The van der Waals surface area contributed by atoms with Crippen LogP contribution in [-0.4, -0.2) is 19.8 Å². The molecule has 0 atom stereocenters. The number of rotatable bonds is 1. The SMILES string of the molecule is [N-]=C=c1ccc(=CS(=O)(=O)C(F)(F)F)cc1. The van der Waals surface area contributed by atoms with Crippen molar-refractivity contribution in [1.82, 2.24) is 0 Å². The third kappa shape index (κ3) is 2.71. The minimum Gasteiger partial charge on any atom is -0.763 e. The van der Waals surface area contributed by atoms with Crippen molar-refractivity contribution in [3.05, 3.63) is 40.1 Å². The molecule has 0 aromatic heterocycles. The third-order valence-corrected chi connectivity index (χ3v) is 2.88. The van der Waals surface area contributed by atoms with Crippen molar-refractivity contribution < 1.29 is 21.6 Å². The summed E-state index contributed by atoms with van der Waals surface area (Å²) in [5.41, 5.74) is -5.30. The van der Waals surface area contributed by atoms with Gasteiger partial charge in [0.2, 0.25) is 0 Å². The average molecular weight is 248 g/mol. The third-order valence-electron chi connectivity index (χ3n) is 1.65. The van der Waals surface area contributed by atoms with Crippen LogP contribution in [0.1, 0.15) is 0 Å². The van der Waals surface area contributed by atoms with E-state index < -0.39 is 15.3 Å². The number of nitrogens with zero attached hydrogens (tertiary/aromatic N) is 1. The summed E-state index contributed by atoms with van der Waals surface area (Å²) in [5.74, 6) is 1.76. The molecule has 0 aliphatic heterocycles. The van der Waals surface area contributed by atoms with Gasteiger partial charge in [-0.15, -0.1) is 0 Å². The Bertz CT molecular complexity index is 604. The average Bonchev–Trinajstić information content (AvgIpc) is 2.16. The second kappa shape index (κ2) is 4.11. The molecule has 0 aliphatic carbocycles. The van der Waals surface area contributed by atoms with Crippen LogP contribution >= 0.6 is 0 Å². The summed E-state index contributed by atoms with van der Waals surface area (Å²) in [6.45, 7) is 0. The molecular formula is C9H5F3NO2S-. The summed E-state index contributed by atoms with van der Waals surface area (Å²) in [7, 11) is -5.28. The summed E-state index contributed by atoms with van der Waals surface area (Å²) in [4.78, 5) is 0. The van der Waals surface area contributed by atoms with Crippen molar-refractivity contribution >= 4 is 21.1 Å². The normalized spacial score (nSPS) is 11.9. The van der Waals surface area contributed by atoms with Gasteiger partial charge in [-0.1, -0.05) is 12.1 Å². The maximum Gasteiger partial charge on any atom is 0.501 e. The van der Waals surface area contributed by atoms with E-state index in [1.165, 1.54) is 12.1 Å². The molecular weight excluding hydrogens is 243 g/mol. The number of hydrogen-bond donors (Lipinski definition) is 0. The summed E-state index contributed by atoms with van der Waals surface area (Å²) < 4.78 is 57.4. The summed E-state index contributed by atoms with van der Waals surface area (Å²) in [6, 6.07) is 4.72. The first kappa shape index (κ1) is 12.5. The van der Waals surface area contributed by atoms with Gasteiger partial charge >= 0.3 is 5.51 Å². The zero-order valence-electron chi connectivity index (χ0n) is 7.69. The highest BCUT2D eigenvalue weighted by atomic mass is 32.2. The number of alkyl halides is 3. The fraction of sp³-hybridized carbons (Fsp3) is 0.111. The number of hydrogen-bond acceptors (Lipinski definition) is 2. The zero-order chi connectivity index (χ0) is 12.4. The maximum atomic E-state index is 12.0. The van der Waals surface area contributed by atoms with Crippen molar-refractivity contribution in [3.8, 4) is 0 Å². The Labute approximate surface area is 89.0 Å². The van der Waals surface area contributed by atoms with E-state index in [-0.39, 0.29) is 15.8 Å². The fourth-order valence-electron chi connectivity index (χ4n) is 0.882. The van der Waals surface area contributed by atoms with Gasteiger partial charge < -0.3 is 5.41 Å². The van der Waals surface area contributed by atoms with Gasteiger partial charge in [-0.3, -0.25) is 5.87 Å². The van der Waals surface area contributed by atoms with Crippen LogP contribution in [0.4, 0.5) is 13.2 Å². The molecule has 1 aromatic carbocycles. The monoisotopic (exact) mass is 248 g/mol. The minimum absolute atomic E-state index is 0.119. The highest BCUT2D eigenvalue weighted by Gasteiger charge is 2.43. The fourth-order valence-corrected chi connectivity index (χ4v) is 1.53. The molecule has 0 saturated heterocycles. The Morgan fingerprint density at radius 1 is 1.19 bits per heavy atom. The highest BCUT2D eigenvalue weighted by Crippen LogP contribution is 2.24. The van der Waals surface area contributed by atoms with Gasteiger partial charge in [0.05, 0.1) is 0 Å². The first-order valence-corrected chi connectivity index (χ1v) is 5.47. The van der Waals surface area contributed by atoms with Crippen LogP contribution in [0.15, 0.2) is 24.3 Å². The molecule has 0 bridgehead atoms. The lowest BCUT2D eigenvalue weighted by Crippen LogP contribution is -2.23. The minimum atomic E-state index is -5.30. The van der Waals surface area contributed by atoms with Crippen LogP contribution in [0.25, 0.3) is 10.8 Å². The van der Waals surface area contributed by atoms with E-state index in [4.69, 9.17) is 5.41 Å². The first-order valence-electron chi connectivity index (χ1n) is 3.92. The number of sulfone groups is 1. The van der Waals surface area contributed by atoms with Crippen LogP contribution < -0.4 is 10.4 Å². The molecule has 86 valence electrons. The molecule has 3 nitrogen and oxygen atoms in total. The van der Waals surface area contributed by atoms with E-state index in [1.807, 2.05) is 0 Å². The largest absolute Gasteiger partial charge is 0.763 e. The molecule has 0 amide bonds. The predicted molar refractivity (Wildman–Crippen MR) is 52.6 cm³/mol. The standard InChI is InChI=1S/C9H5F3NO2S/c10-9(11,12)16(14,15)6-8-3-1-7(5-13)2-4-8/h1-4,6H/q-1. The molecule has 0 unspecified atom stereocenters. The molecule has 16 heavy (non-hydrogen) atoms. The Morgan fingerprint density at radius 2 is 1.69 bits per heavy atom.